The largest absolute Gasteiger partial charge is 0.481 e. The molecule has 4 nitrogen and oxygen atoms in total. The average Bonchev–Trinajstić information content (AvgIpc) is 2.89. The van der Waals surface area contributed by atoms with Gasteiger partial charge < -0.3 is 10.4 Å². The standard InChI is InChI=1S/C15H25NO3/c1-2-5-12(8-9-14(17)18)10-11-16-15(19)13-6-3-4-7-13/h3-4,12-13H,2,5-11H2,1H3,(H,16,19)(H,17,18). The van der Waals surface area contributed by atoms with Gasteiger partial charge in [0.25, 0.3) is 0 Å². The van der Waals surface area contributed by atoms with Crippen LogP contribution in [0.3, 0.4) is 0 Å². The molecule has 0 saturated carbocycles. The zero-order chi connectivity index (χ0) is 14.1. The van der Waals surface area contributed by atoms with E-state index in [1.54, 1.807) is 0 Å². The number of carbonyl (C=O) groups excluding carboxylic acids is 1. The molecule has 19 heavy (non-hydrogen) atoms. The van der Waals surface area contributed by atoms with Crippen LogP contribution in [0, 0.1) is 11.8 Å². The molecule has 4 heteroatoms. The summed E-state index contributed by atoms with van der Waals surface area (Å²) in [6.07, 6.45) is 9.72. The first-order chi connectivity index (χ1) is 9.13. The molecule has 0 aliphatic heterocycles. The Morgan fingerprint density at radius 2 is 1.95 bits per heavy atom. The second kappa shape index (κ2) is 8.73. The molecule has 0 aromatic rings. The molecule has 1 aliphatic carbocycles. The molecule has 0 bridgehead atoms. The van der Waals surface area contributed by atoms with E-state index in [1.165, 1.54) is 0 Å². The fraction of sp³-hybridized carbons (Fsp3) is 0.733. The SMILES string of the molecule is CCCC(CCNC(=O)C1CC=CC1)CCC(=O)O. The summed E-state index contributed by atoms with van der Waals surface area (Å²) < 4.78 is 0. The van der Waals surface area contributed by atoms with Crippen molar-refractivity contribution in [2.45, 2.75) is 51.9 Å². The number of hydrogen-bond acceptors (Lipinski definition) is 2. The van der Waals surface area contributed by atoms with Crippen LogP contribution in [0.2, 0.25) is 0 Å². The molecule has 0 saturated heterocycles. The molecule has 0 aromatic carbocycles. The average molecular weight is 267 g/mol. The van der Waals surface area contributed by atoms with E-state index in [0.717, 1.165) is 32.1 Å². The van der Waals surface area contributed by atoms with Gasteiger partial charge in [-0.25, -0.2) is 0 Å². The third-order valence-electron chi connectivity index (χ3n) is 3.69. The molecule has 0 spiro atoms. The van der Waals surface area contributed by atoms with Crippen molar-refractivity contribution < 1.29 is 14.7 Å². The van der Waals surface area contributed by atoms with E-state index in [-0.39, 0.29) is 18.2 Å². The van der Waals surface area contributed by atoms with E-state index in [0.29, 0.717) is 18.9 Å². The predicted octanol–water partition coefficient (Wildman–Crippen LogP) is 2.74. The Labute approximate surface area is 115 Å². The third-order valence-corrected chi connectivity index (χ3v) is 3.69. The van der Waals surface area contributed by atoms with Crippen molar-refractivity contribution in [3.05, 3.63) is 12.2 Å². The van der Waals surface area contributed by atoms with Crippen LogP contribution in [0.25, 0.3) is 0 Å². The van der Waals surface area contributed by atoms with Gasteiger partial charge in [0, 0.05) is 18.9 Å². The molecular formula is C15H25NO3. The number of amides is 1. The van der Waals surface area contributed by atoms with Crippen LogP contribution in [0.1, 0.15) is 51.9 Å². The first-order valence-electron chi connectivity index (χ1n) is 7.28. The third kappa shape index (κ3) is 6.41. The van der Waals surface area contributed by atoms with Crippen molar-refractivity contribution in [2.75, 3.05) is 6.54 Å². The highest BCUT2D eigenvalue weighted by Crippen LogP contribution is 2.19. The Morgan fingerprint density at radius 3 is 2.53 bits per heavy atom. The maximum absolute atomic E-state index is 11.8. The summed E-state index contributed by atoms with van der Waals surface area (Å²) in [6, 6.07) is 0. The van der Waals surface area contributed by atoms with Crippen molar-refractivity contribution >= 4 is 11.9 Å². The Morgan fingerprint density at radius 1 is 1.26 bits per heavy atom. The molecular weight excluding hydrogens is 242 g/mol. The van der Waals surface area contributed by atoms with E-state index < -0.39 is 5.97 Å². The molecule has 2 N–H and O–H groups in total. The van der Waals surface area contributed by atoms with Crippen molar-refractivity contribution in [2.24, 2.45) is 11.8 Å². The smallest absolute Gasteiger partial charge is 0.303 e. The lowest BCUT2D eigenvalue weighted by molar-refractivity contribution is -0.137. The summed E-state index contributed by atoms with van der Waals surface area (Å²) in [5.41, 5.74) is 0. The Hall–Kier alpha value is -1.32. The minimum atomic E-state index is -0.734. The van der Waals surface area contributed by atoms with E-state index >= 15 is 0 Å². The number of carboxylic acids is 1. The second-order valence-corrected chi connectivity index (χ2v) is 5.31. The first-order valence-corrected chi connectivity index (χ1v) is 7.28. The number of carbonyl (C=O) groups is 2. The van der Waals surface area contributed by atoms with Crippen LogP contribution in [-0.2, 0) is 9.59 Å². The van der Waals surface area contributed by atoms with Gasteiger partial charge in [-0.2, -0.15) is 0 Å². The molecule has 1 atom stereocenters. The maximum atomic E-state index is 11.8. The van der Waals surface area contributed by atoms with Crippen LogP contribution >= 0.6 is 0 Å². The Balaban J connectivity index is 2.19. The van der Waals surface area contributed by atoms with Crippen molar-refractivity contribution in [1.82, 2.24) is 5.32 Å². The molecule has 1 unspecified atom stereocenters. The quantitative estimate of drug-likeness (QED) is 0.631. The highest BCUT2D eigenvalue weighted by molar-refractivity contribution is 5.79. The Bertz CT molecular complexity index is 317. The van der Waals surface area contributed by atoms with Gasteiger partial charge in [0.1, 0.15) is 0 Å². The van der Waals surface area contributed by atoms with Crippen molar-refractivity contribution in [1.29, 1.82) is 0 Å². The van der Waals surface area contributed by atoms with Gasteiger partial charge in [0.15, 0.2) is 0 Å². The normalized spacial score (nSPS) is 16.5. The predicted molar refractivity (Wildman–Crippen MR) is 74.8 cm³/mol. The zero-order valence-corrected chi connectivity index (χ0v) is 11.7. The number of rotatable bonds is 9. The molecule has 1 aliphatic rings. The molecule has 0 fully saturated rings. The molecule has 1 rings (SSSR count). The van der Waals surface area contributed by atoms with E-state index in [1.807, 2.05) is 0 Å². The molecule has 0 aromatic heterocycles. The monoisotopic (exact) mass is 267 g/mol. The van der Waals surface area contributed by atoms with Crippen LogP contribution < -0.4 is 5.32 Å². The van der Waals surface area contributed by atoms with Crippen LogP contribution in [-0.4, -0.2) is 23.5 Å². The second-order valence-electron chi connectivity index (χ2n) is 5.31. The van der Waals surface area contributed by atoms with Gasteiger partial charge in [-0.15, -0.1) is 0 Å². The van der Waals surface area contributed by atoms with E-state index in [9.17, 15) is 9.59 Å². The molecule has 0 heterocycles. The van der Waals surface area contributed by atoms with Gasteiger partial charge in [0.2, 0.25) is 5.91 Å². The zero-order valence-electron chi connectivity index (χ0n) is 11.7. The number of allylic oxidation sites excluding steroid dienone is 2. The molecule has 1 amide bonds. The van der Waals surface area contributed by atoms with E-state index in [4.69, 9.17) is 5.11 Å². The lowest BCUT2D eigenvalue weighted by Crippen LogP contribution is -2.31. The minimum Gasteiger partial charge on any atom is -0.481 e. The van der Waals surface area contributed by atoms with Gasteiger partial charge in [0.05, 0.1) is 0 Å². The maximum Gasteiger partial charge on any atom is 0.303 e. The fourth-order valence-electron chi connectivity index (χ4n) is 2.54. The number of aliphatic carboxylic acids is 1. The van der Waals surface area contributed by atoms with Gasteiger partial charge in [-0.1, -0.05) is 31.9 Å². The first kappa shape index (κ1) is 15.7. The van der Waals surface area contributed by atoms with Crippen molar-refractivity contribution in [3.63, 3.8) is 0 Å². The summed E-state index contributed by atoms with van der Waals surface area (Å²) in [7, 11) is 0. The van der Waals surface area contributed by atoms with Gasteiger partial charge in [-0.05, 0) is 31.6 Å². The Kier molecular flexibility index (Phi) is 7.23. The summed E-state index contributed by atoms with van der Waals surface area (Å²) in [6.45, 7) is 2.77. The number of nitrogens with one attached hydrogen (secondary N) is 1. The lowest BCUT2D eigenvalue weighted by Gasteiger charge is -2.16. The fourth-order valence-corrected chi connectivity index (χ4v) is 2.54. The van der Waals surface area contributed by atoms with Gasteiger partial charge in [-0.3, -0.25) is 9.59 Å². The van der Waals surface area contributed by atoms with Crippen LogP contribution in [0.15, 0.2) is 12.2 Å². The topological polar surface area (TPSA) is 66.4 Å². The highest BCUT2D eigenvalue weighted by Gasteiger charge is 2.19. The highest BCUT2D eigenvalue weighted by atomic mass is 16.4. The van der Waals surface area contributed by atoms with Crippen LogP contribution in [0.4, 0.5) is 0 Å². The minimum absolute atomic E-state index is 0.114. The number of hydrogen-bond donors (Lipinski definition) is 2. The van der Waals surface area contributed by atoms with Gasteiger partial charge >= 0.3 is 5.97 Å². The molecule has 0 radical (unpaired) electrons. The van der Waals surface area contributed by atoms with Crippen LogP contribution in [0.5, 0.6) is 0 Å². The lowest BCUT2D eigenvalue weighted by atomic mass is 9.94. The molecule has 108 valence electrons. The summed E-state index contributed by atoms with van der Waals surface area (Å²) in [4.78, 5) is 22.4. The summed E-state index contributed by atoms with van der Waals surface area (Å²) in [5, 5.41) is 11.7. The van der Waals surface area contributed by atoms with Crippen molar-refractivity contribution in [3.8, 4) is 0 Å². The number of carboxylic acid groups (broad SMARTS) is 1. The van der Waals surface area contributed by atoms with E-state index in [2.05, 4.69) is 24.4 Å². The summed E-state index contributed by atoms with van der Waals surface area (Å²) >= 11 is 0. The summed E-state index contributed by atoms with van der Waals surface area (Å²) in [5.74, 6) is -0.0765.